The van der Waals surface area contributed by atoms with Gasteiger partial charge in [-0.05, 0) is 26.5 Å². The maximum Gasteiger partial charge on any atom is 0.227 e. The second kappa shape index (κ2) is 7.62. The highest BCUT2D eigenvalue weighted by molar-refractivity contribution is 5.46. The Hall–Kier alpha value is -2.14. The summed E-state index contributed by atoms with van der Waals surface area (Å²) in [4.78, 5) is 16.5. The van der Waals surface area contributed by atoms with E-state index >= 15 is 0 Å². The zero-order valence-electron chi connectivity index (χ0n) is 14.9. The van der Waals surface area contributed by atoms with Crippen LogP contribution >= 0.6 is 0 Å². The number of aromatic nitrogens is 2. The number of anilines is 2. The van der Waals surface area contributed by atoms with Gasteiger partial charge in [0, 0.05) is 51.0 Å². The molecule has 1 saturated heterocycles. The lowest BCUT2D eigenvalue weighted by Gasteiger charge is -2.33. The van der Waals surface area contributed by atoms with E-state index in [1.165, 1.54) is 5.56 Å². The van der Waals surface area contributed by atoms with Crippen LogP contribution in [-0.2, 0) is 6.54 Å². The first kappa shape index (κ1) is 16.7. The van der Waals surface area contributed by atoms with Crippen molar-refractivity contribution in [3.8, 4) is 0 Å². The SMILES string of the molecule is CCN(Cc1ccccc1)c1nc(C)cc(N2CCN(C)CC2)n1. The van der Waals surface area contributed by atoms with Crippen molar-refractivity contribution in [1.29, 1.82) is 0 Å². The predicted molar refractivity (Wildman–Crippen MR) is 99.6 cm³/mol. The van der Waals surface area contributed by atoms with Crippen molar-refractivity contribution >= 4 is 11.8 Å². The summed E-state index contributed by atoms with van der Waals surface area (Å²) in [5, 5.41) is 0. The van der Waals surface area contributed by atoms with Crippen molar-refractivity contribution < 1.29 is 0 Å². The van der Waals surface area contributed by atoms with Crippen LogP contribution in [0.2, 0.25) is 0 Å². The van der Waals surface area contributed by atoms with Gasteiger partial charge in [0.15, 0.2) is 0 Å². The van der Waals surface area contributed by atoms with Gasteiger partial charge in [0.05, 0.1) is 0 Å². The van der Waals surface area contributed by atoms with E-state index in [1.807, 2.05) is 0 Å². The summed E-state index contributed by atoms with van der Waals surface area (Å²) in [6.07, 6.45) is 0. The topological polar surface area (TPSA) is 35.5 Å². The molecule has 0 unspecified atom stereocenters. The lowest BCUT2D eigenvalue weighted by molar-refractivity contribution is 0.312. The van der Waals surface area contributed by atoms with Crippen molar-refractivity contribution in [2.45, 2.75) is 20.4 Å². The third-order valence-electron chi connectivity index (χ3n) is 4.54. The third kappa shape index (κ3) is 4.03. The molecule has 128 valence electrons. The number of rotatable bonds is 5. The summed E-state index contributed by atoms with van der Waals surface area (Å²) >= 11 is 0. The van der Waals surface area contributed by atoms with Crippen molar-refractivity contribution in [3.05, 3.63) is 47.7 Å². The van der Waals surface area contributed by atoms with E-state index in [0.717, 1.165) is 56.7 Å². The zero-order chi connectivity index (χ0) is 16.9. The number of hydrogen-bond donors (Lipinski definition) is 0. The molecule has 3 rings (SSSR count). The maximum atomic E-state index is 4.87. The number of nitrogens with zero attached hydrogens (tertiary/aromatic N) is 5. The molecule has 1 aliphatic rings. The van der Waals surface area contributed by atoms with Crippen molar-refractivity contribution in [1.82, 2.24) is 14.9 Å². The fraction of sp³-hybridized carbons (Fsp3) is 0.474. The van der Waals surface area contributed by atoms with E-state index in [9.17, 15) is 0 Å². The van der Waals surface area contributed by atoms with Crippen molar-refractivity contribution in [3.63, 3.8) is 0 Å². The molecule has 0 N–H and O–H groups in total. The maximum absolute atomic E-state index is 4.87. The Morgan fingerprint density at radius 3 is 2.42 bits per heavy atom. The third-order valence-corrected chi connectivity index (χ3v) is 4.54. The molecule has 2 aromatic rings. The van der Waals surface area contributed by atoms with E-state index in [0.29, 0.717) is 0 Å². The molecular formula is C19H27N5. The summed E-state index contributed by atoms with van der Waals surface area (Å²) in [6.45, 7) is 10.2. The summed E-state index contributed by atoms with van der Waals surface area (Å²) in [5.41, 5.74) is 2.31. The second-order valence-electron chi connectivity index (χ2n) is 6.46. The van der Waals surface area contributed by atoms with Crippen LogP contribution in [0, 0.1) is 6.92 Å². The van der Waals surface area contributed by atoms with Gasteiger partial charge in [-0.25, -0.2) is 4.98 Å². The Balaban J connectivity index is 1.81. The van der Waals surface area contributed by atoms with Gasteiger partial charge in [0.1, 0.15) is 5.82 Å². The number of benzene rings is 1. The van der Waals surface area contributed by atoms with Crippen LogP contribution < -0.4 is 9.80 Å². The van der Waals surface area contributed by atoms with Crippen LogP contribution in [0.15, 0.2) is 36.4 Å². The fourth-order valence-electron chi connectivity index (χ4n) is 3.00. The Bertz CT molecular complexity index is 650. The van der Waals surface area contributed by atoms with Crippen LogP contribution in [0.3, 0.4) is 0 Å². The monoisotopic (exact) mass is 325 g/mol. The van der Waals surface area contributed by atoms with Crippen molar-refractivity contribution in [2.24, 2.45) is 0 Å². The molecule has 0 saturated carbocycles. The molecule has 1 fully saturated rings. The summed E-state index contributed by atoms with van der Waals surface area (Å²) < 4.78 is 0. The van der Waals surface area contributed by atoms with E-state index in [2.05, 4.69) is 77.0 Å². The van der Waals surface area contributed by atoms with Gasteiger partial charge >= 0.3 is 0 Å². The second-order valence-corrected chi connectivity index (χ2v) is 6.46. The molecule has 24 heavy (non-hydrogen) atoms. The molecule has 1 aromatic carbocycles. The lowest BCUT2D eigenvalue weighted by Crippen LogP contribution is -2.45. The standard InChI is InChI=1S/C19H27N5/c1-4-23(15-17-8-6-5-7-9-17)19-20-16(2)14-18(21-19)24-12-10-22(3)11-13-24/h5-9,14H,4,10-13,15H2,1-3H3. The molecule has 2 heterocycles. The summed E-state index contributed by atoms with van der Waals surface area (Å²) in [5.74, 6) is 1.88. The van der Waals surface area contributed by atoms with E-state index in [4.69, 9.17) is 4.98 Å². The van der Waals surface area contributed by atoms with Gasteiger partial charge in [-0.3, -0.25) is 0 Å². The molecule has 1 aromatic heterocycles. The molecule has 0 atom stereocenters. The molecule has 0 bridgehead atoms. The smallest absolute Gasteiger partial charge is 0.227 e. The summed E-state index contributed by atoms with van der Waals surface area (Å²) in [6, 6.07) is 12.6. The average Bonchev–Trinajstić information content (AvgIpc) is 2.60. The number of likely N-dealkylation sites (N-methyl/N-ethyl adjacent to an activating group) is 1. The van der Waals surface area contributed by atoms with Gasteiger partial charge in [-0.2, -0.15) is 4.98 Å². The number of piperazine rings is 1. The number of aryl methyl sites for hydroxylation is 1. The lowest BCUT2D eigenvalue weighted by atomic mass is 10.2. The van der Waals surface area contributed by atoms with Gasteiger partial charge in [-0.15, -0.1) is 0 Å². The minimum Gasteiger partial charge on any atom is -0.354 e. The van der Waals surface area contributed by atoms with Crippen LogP contribution in [0.4, 0.5) is 11.8 Å². The molecule has 5 heteroatoms. The first-order valence-corrected chi connectivity index (χ1v) is 8.73. The summed E-state index contributed by atoms with van der Waals surface area (Å²) in [7, 11) is 2.17. The quantitative estimate of drug-likeness (QED) is 0.844. The van der Waals surface area contributed by atoms with Gasteiger partial charge in [-0.1, -0.05) is 30.3 Å². The molecule has 0 spiro atoms. The minimum atomic E-state index is 0.829. The van der Waals surface area contributed by atoms with Gasteiger partial charge < -0.3 is 14.7 Å². The molecule has 0 aliphatic carbocycles. The fourth-order valence-corrected chi connectivity index (χ4v) is 3.00. The first-order chi connectivity index (χ1) is 11.7. The van der Waals surface area contributed by atoms with Gasteiger partial charge in [0.25, 0.3) is 0 Å². The predicted octanol–water partition coefficient (Wildman–Crippen LogP) is 2.56. The normalized spacial score (nSPS) is 15.5. The highest BCUT2D eigenvalue weighted by atomic mass is 15.3. The van der Waals surface area contributed by atoms with Crippen LogP contribution in [0.1, 0.15) is 18.2 Å². The average molecular weight is 325 g/mol. The highest BCUT2D eigenvalue weighted by Crippen LogP contribution is 2.20. The van der Waals surface area contributed by atoms with E-state index in [-0.39, 0.29) is 0 Å². The molecule has 0 radical (unpaired) electrons. The van der Waals surface area contributed by atoms with Crippen LogP contribution in [0.5, 0.6) is 0 Å². The zero-order valence-corrected chi connectivity index (χ0v) is 14.9. The molecular weight excluding hydrogens is 298 g/mol. The van der Waals surface area contributed by atoms with Crippen LogP contribution in [0.25, 0.3) is 0 Å². The Kier molecular flexibility index (Phi) is 5.30. The van der Waals surface area contributed by atoms with E-state index < -0.39 is 0 Å². The number of hydrogen-bond acceptors (Lipinski definition) is 5. The van der Waals surface area contributed by atoms with Gasteiger partial charge in [0.2, 0.25) is 5.95 Å². The molecule has 1 aliphatic heterocycles. The minimum absolute atomic E-state index is 0.829. The van der Waals surface area contributed by atoms with Crippen molar-refractivity contribution in [2.75, 3.05) is 49.6 Å². The Morgan fingerprint density at radius 1 is 1.04 bits per heavy atom. The first-order valence-electron chi connectivity index (χ1n) is 8.73. The molecule has 5 nitrogen and oxygen atoms in total. The largest absolute Gasteiger partial charge is 0.354 e. The molecule has 0 amide bonds. The van der Waals surface area contributed by atoms with E-state index in [1.54, 1.807) is 0 Å². The Labute approximate surface area is 144 Å². The highest BCUT2D eigenvalue weighted by Gasteiger charge is 2.18. The Morgan fingerprint density at radius 2 is 1.75 bits per heavy atom. The van der Waals surface area contributed by atoms with Crippen LogP contribution in [-0.4, -0.2) is 54.6 Å².